The molecule has 0 saturated heterocycles. The summed E-state index contributed by atoms with van der Waals surface area (Å²) in [4.78, 5) is 38.3. The molecule has 448 valence electrons. The van der Waals surface area contributed by atoms with Crippen molar-refractivity contribution in [2.45, 2.75) is 329 Å². The summed E-state index contributed by atoms with van der Waals surface area (Å²) in [5.74, 6) is -0.892. The van der Waals surface area contributed by atoms with Crippen molar-refractivity contribution in [3.05, 3.63) is 97.2 Å². The largest absolute Gasteiger partial charge is 0.462 e. The molecule has 0 spiro atoms. The smallest absolute Gasteiger partial charge is 0.306 e. The molecule has 78 heavy (non-hydrogen) atoms. The molecule has 1 unspecified atom stereocenters. The second kappa shape index (κ2) is 65.8. The van der Waals surface area contributed by atoms with Crippen molar-refractivity contribution in [1.29, 1.82) is 0 Å². The summed E-state index contributed by atoms with van der Waals surface area (Å²) in [5.41, 5.74) is 0. The lowest BCUT2D eigenvalue weighted by Gasteiger charge is -2.18. The summed E-state index contributed by atoms with van der Waals surface area (Å²) in [6.45, 7) is 6.48. The highest BCUT2D eigenvalue weighted by atomic mass is 16.6. The van der Waals surface area contributed by atoms with Gasteiger partial charge in [-0.3, -0.25) is 14.4 Å². The van der Waals surface area contributed by atoms with Crippen molar-refractivity contribution in [1.82, 2.24) is 0 Å². The zero-order chi connectivity index (χ0) is 56.4. The van der Waals surface area contributed by atoms with Crippen LogP contribution in [0.5, 0.6) is 0 Å². The van der Waals surface area contributed by atoms with E-state index < -0.39 is 6.10 Å². The number of ether oxygens (including phenoxy) is 3. The van der Waals surface area contributed by atoms with Crippen LogP contribution in [0.3, 0.4) is 0 Å². The maximum Gasteiger partial charge on any atom is 0.306 e. The topological polar surface area (TPSA) is 78.9 Å². The highest BCUT2D eigenvalue weighted by Gasteiger charge is 2.19. The van der Waals surface area contributed by atoms with Crippen molar-refractivity contribution >= 4 is 17.9 Å². The molecular formula is C72H124O6. The van der Waals surface area contributed by atoms with Crippen LogP contribution in [0.1, 0.15) is 323 Å². The SMILES string of the molecule is CC/C=C\C/C=C\C/C=C\C/C=C\C/C=C\C/C=C\CCCCCCCCCCC(=O)OCC(COC(=O)CCCCCCC/C=C\CCC)OC(=O)CCCCCCCCCCCCC/C=C\CCCCCCCCCC. The van der Waals surface area contributed by atoms with Crippen LogP contribution in [0.15, 0.2) is 97.2 Å². The van der Waals surface area contributed by atoms with Gasteiger partial charge in [0.1, 0.15) is 13.2 Å². The van der Waals surface area contributed by atoms with E-state index in [2.05, 4.69) is 118 Å². The average Bonchev–Trinajstić information content (AvgIpc) is 3.44. The number of carbonyl (C=O) groups excluding carboxylic acids is 3. The standard InChI is InChI=1S/C72H124O6/c1-4-7-10-13-16-19-22-24-26-28-30-32-34-35-36-37-39-40-42-44-46-48-50-53-56-59-62-65-71(74)77-68-69(67-76-70(73)64-61-58-55-52-21-18-15-12-9-6-3)78-72(75)66-63-60-57-54-51-49-47-45-43-41-38-33-31-29-27-25-23-20-17-14-11-8-5-2/h7,10,12,15-16,19,24,26,29-32,35-36,39-40,69H,4-6,8-9,11,13-14,17-18,20-23,25,27-28,33-34,37-38,41-68H2,1-3H3/b10-7-,15-12-,19-16-,26-24-,31-29-,32-30-,36-35-,40-39-. The summed E-state index contributed by atoms with van der Waals surface area (Å²) in [6, 6.07) is 0. The van der Waals surface area contributed by atoms with Crippen LogP contribution in [-0.2, 0) is 28.6 Å². The number of carbonyl (C=O) groups is 3. The Morgan fingerprint density at radius 3 is 0.846 bits per heavy atom. The molecule has 0 amide bonds. The molecule has 6 heteroatoms. The fourth-order valence-corrected chi connectivity index (χ4v) is 9.33. The number of rotatable bonds is 60. The third-order valence-corrected chi connectivity index (χ3v) is 14.3. The number of hydrogen-bond acceptors (Lipinski definition) is 6. The Labute approximate surface area is 483 Å². The third kappa shape index (κ3) is 63.2. The van der Waals surface area contributed by atoms with E-state index in [9.17, 15) is 14.4 Å². The minimum atomic E-state index is -0.786. The third-order valence-electron chi connectivity index (χ3n) is 14.3. The fraction of sp³-hybridized carbons (Fsp3) is 0.736. The van der Waals surface area contributed by atoms with Crippen LogP contribution in [0, 0.1) is 0 Å². The molecule has 0 aromatic rings. The Hall–Kier alpha value is -3.67. The van der Waals surface area contributed by atoms with E-state index in [1.165, 1.54) is 167 Å². The van der Waals surface area contributed by atoms with Crippen molar-refractivity contribution in [3.63, 3.8) is 0 Å². The van der Waals surface area contributed by atoms with Crippen LogP contribution in [0.25, 0.3) is 0 Å². The summed E-state index contributed by atoms with van der Waals surface area (Å²) < 4.78 is 16.9. The van der Waals surface area contributed by atoms with Gasteiger partial charge in [0.2, 0.25) is 0 Å². The van der Waals surface area contributed by atoms with Crippen molar-refractivity contribution in [2.24, 2.45) is 0 Å². The van der Waals surface area contributed by atoms with Crippen molar-refractivity contribution in [2.75, 3.05) is 13.2 Å². The molecule has 0 aromatic heterocycles. The lowest BCUT2D eigenvalue weighted by molar-refractivity contribution is -0.167. The van der Waals surface area contributed by atoms with Gasteiger partial charge in [0.15, 0.2) is 6.10 Å². The van der Waals surface area contributed by atoms with E-state index in [1.54, 1.807) is 0 Å². The van der Waals surface area contributed by atoms with Gasteiger partial charge in [0, 0.05) is 19.3 Å². The lowest BCUT2D eigenvalue weighted by atomic mass is 10.0. The monoisotopic (exact) mass is 1080 g/mol. The van der Waals surface area contributed by atoms with E-state index in [0.717, 1.165) is 116 Å². The lowest BCUT2D eigenvalue weighted by Crippen LogP contribution is -2.30. The van der Waals surface area contributed by atoms with Gasteiger partial charge >= 0.3 is 17.9 Å². The molecule has 0 rings (SSSR count). The molecule has 0 aliphatic heterocycles. The van der Waals surface area contributed by atoms with E-state index >= 15 is 0 Å². The molecule has 0 aromatic carbocycles. The molecule has 0 radical (unpaired) electrons. The summed E-state index contributed by atoms with van der Waals surface area (Å²) >= 11 is 0. The summed E-state index contributed by atoms with van der Waals surface area (Å²) in [6.07, 6.45) is 88.6. The molecule has 6 nitrogen and oxygen atoms in total. The van der Waals surface area contributed by atoms with Crippen LogP contribution < -0.4 is 0 Å². The van der Waals surface area contributed by atoms with Crippen molar-refractivity contribution in [3.8, 4) is 0 Å². The molecule has 0 bridgehead atoms. The number of esters is 3. The number of hydrogen-bond donors (Lipinski definition) is 0. The van der Waals surface area contributed by atoms with Gasteiger partial charge in [-0.2, -0.15) is 0 Å². The van der Waals surface area contributed by atoms with Crippen LogP contribution >= 0.6 is 0 Å². The van der Waals surface area contributed by atoms with Gasteiger partial charge in [0.25, 0.3) is 0 Å². The summed E-state index contributed by atoms with van der Waals surface area (Å²) in [7, 11) is 0. The van der Waals surface area contributed by atoms with Gasteiger partial charge in [-0.1, -0.05) is 285 Å². The maximum atomic E-state index is 12.9. The van der Waals surface area contributed by atoms with Gasteiger partial charge in [-0.05, 0) is 116 Å². The van der Waals surface area contributed by atoms with Crippen LogP contribution in [0.4, 0.5) is 0 Å². The molecule has 1 atom stereocenters. The minimum Gasteiger partial charge on any atom is -0.462 e. The van der Waals surface area contributed by atoms with E-state index in [1.807, 2.05) is 0 Å². The van der Waals surface area contributed by atoms with E-state index in [4.69, 9.17) is 14.2 Å². The molecule has 0 aliphatic rings. The quantitative estimate of drug-likeness (QED) is 0.0261. The van der Waals surface area contributed by atoms with E-state index in [0.29, 0.717) is 19.3 Å². The minimum absolute atomic E-state index is 0.0835. The van der Waals surface area contributed by atoms with Gasteiger partial charge in [0.05, 0.1) is 0 Å². The zero-order valence-electron chi connectivity index (χ0n) is 51.4. The Morgan fingerprint density at radius 2 is 0.526 bits per heavy atom. The number of unbranched alkanes of at least 4 members (excludes halogenated alkanes) is 33. The Kier molecular flexibility index (Phi) is 62.7. The first-order valence-corrected chi connectivity index (χ1v) is 33.2. The second-order valence-corrected chi connectivity index (χ2v) is 22.0. The van der Waals surface area contributed by atoms with Gasteiger partial charge in [-0.15, -0.1) is 0 Å². The predicted molar refractivity (Wildman–Crippen MR) is 339 cm³/mol. The Morgan fingerprint density at radius 1 is 0.269 bits per heavy atom. The molecule has 0 fully saturated rings. The average molecular weight is 1090 g/mol. The van der Waals surface area contributed by atoms with E-state index in [-0.39, 0.29) is 31.1 Å². The van der Waals surface area contributed by atoms with Crippen molar-refractivity contribution < 1.29 is 28.6 Å². The fourth-order valence-electron chi connectivity index (χ4n) is 9.33. The molecule has 0 aliphatic carbocycles. The normalized spacial score (nSPS) is 12.7. The first kappa shape index (κ1) is 74.3. The maximum absolute atomic E-state index is 12.9. The highest BCUT2D eigenvalue weighted by Crippen LogP contribution is 2.16. The van der Waals surface area contributed by atoms with Crippen LogP contribution in [0.2, 0.25) is 0 Å². The Bertz CT molecular complexity index is 1530. The summed E-state index contributed by atoms with van der Waals surface area (Å²) in [5, 5.41) is 0. The zero-order valence-corrected chi connectivity index (χ0v) is 51.4. The molecule has 0 N–H and O–H groups in total. The highest BCUT2D eigenvalue weighted by molar-refractivity contribution is 5.71. The first-order valence-electron chi connectivity index (χ1n) is 33.2. The van der Waals surface area contributed by atoms with Crippen LogP contribution in [-0.4, -0.2) is 37.2 Å². The van der Waals surface area contributed by atoms with Gasteiger partial charge in [-0.25, -0.2) is 0 Å². The second-order valence-electron chi connectivity index (χ2n) is 22.0. The molecule has 0 heterocycles. The number of allylic oxidation sites excluding steroid dienone is 16. The van der Waals surface area contributed by atoms with Gasteiger partial charge < -0.3 is 14.2 Å². The Balaban J connectivity index is 4.25. The molecule has 0 saturated carbocycles. The molecular weight excluding hydrogens is 961 g/mol. The first-order chi connectivity index (χ1) is 38.5. The predicted octanol–water partition coefficient (Wildman–Crippen LogP) is 22.8.